The van der Waals surface area contributed by atoms with Gasteiger partial charge in [0.05, 0.1) is 24.3 Å². The van der Waals surface area contributed by atoms with Crippen LogP contribution in [-0.2, 0) is 21.3 Å². The van der Waals surface area contributed by atoms with E-state index in [1.807, 2.05) is 71.1 Å². The second-order valence-corrected chi connectivity index (χ2v) is 11.6. The molecule has 3 N–H and O–H groups in total. The minimum Gasteiger partial charge on any atom is -0.446 e. The highest BCUT2D eigenvalue weighted by Gasteiger charge is 2.32. The van der Waals surface area contributed by atoms with Crippen LogP contribution in [0, 0.1) is 6.92 Å². The number of ether oxygens (including phenoxy) is 2. The summed E-state index contributed by atoms with van der Waals surface area (Å²) in [5.74, 6) is -0.198. The molecule has 2 fully saturated rings. The Labute approximate surface area is 310 Å². The lowest BCUT2D eigenvalue weighted by Crippen LogP contribution is -2.50. The number of nitrogens with zero attached hydrogens (tertiary/aromatic N) is 4. The van der Waals surface area contributed by atoms with Crippen LogP contribution >= 0.6 is 0 Å². The van der Waals surface area contributed by atoms with Crippen LogP contribution < -0.4 is 11.1 Å². The average molecular weight is 711 g/mol. The third-order valence-corrected chi connectivity index (χ3v) is 8.45. The lowest BCUT2D eigenvalue weighted by Gasteiger charge is -2.40. The van der Waals surface area contributed by atoms with Crippen LogP contribution in [0.25, 0.3) is 5.57 Å². The Hall–Kier alpha value is -3.89. The summed E-state index contributed by atoms with van der Waals surface area (Å²) in [4.78, 5) is 34.3. The highest BCUT2D eigenvalue weighted by atomic mass is 16.6. The minimum absolute atomic E-state index is 0.0292. The van der Waals surface area contributed by atoms with Gasteiger partial charge >= 0.3 is 6.09 Å². The van der Waals surface area contributed by atoms with Gasteiger partial charge in [-0.25, -0.2) is 9.78 Å². The molecule has 288 valence electrons. The topological polar surface area (TPSA) is 115 Å². The molecule has 2 amide bonds. The maximum atomic E-state index is 12.9. The Balaban J connectivity index is 0.00000255. The fraction of sp³-hybridized carbons (Fsp3) is 0.585. The summed E-state index contributed by atoms with van der Waals surface area (Å²) >= 11 is 0. The van der Waals surface area contributed by atoms with E-state index < -0.39 is 6.04 Å². The van der Waals surface area contributed by atoms with E-state index in [0.717, 1.165) is 67.6 Å². The van der Waals surface area contributed by atoms with Gasteiger partial charge in [0.15, 0.2) is 0 Å². The standard InChI is InChI=1S/C33H47N5O4.C2H5N.3C2H6/c1-6-11-29(37-16-18-38(19-17-37)33(40)42-25-12-9-8-10-13-25)27-15-14-24(3)20-28(27)26(7-2)32(35-31(39)22-41-5)30-21-34-23-36(30)4;1-2-3;3*1-2/h6-7,14-15,20-21,23,25,29,32H,1,8-13,16-19,22H2,2-5H3,(H,35,39);2H,1,3H2;3*1-2H3/b26-7+;;;;/t29-,32-;;;;/m1..../s1. The van der Waals surface area contributed by atoms with E-state index in [0.29, 0.717) is 13.1 Å². The molecule has 1 saturated heterocycles. The molecule has 0 spiro atoms. The van der Waals surface area contributed by atoms with Crippen molar-refractivity contribution in [3.63, 3.8) is 0 Å². The second kappa shape index (κ2) is 27.8. The van der Waals surface area contributed by atoms with Crippen molar-refractivity contribution < 1.29 is 19.1 Å². The van der Waals surface area contributed by atoms with Crippen LogP contribution in [0.15, 0.2) is 62.2 Å². The molecule has 1 saturated carbocycles. The molecular weight excluding hydrogens is 640 g/mol. The number of piperazine rings is 1. The first-order valence-corrected chi connectivity index (χ1v) is 18.9. The molecule has 0 bridgehead atoms. The Bertz CT molecular complexity index is 1290. The zero-order valence-corrected chi connectivity index (χ0v) is 33.5. The number of hydrogen-bond acceptors (Lipinski definition) is 7. The van der Waals surface area contributed by atoms with E-state index in [-0.39, 0.29) is 30.8 Å². The average Bonchev–Trinajstić information content (AvgIpc) is 3.59. The number of methoxy groups -OCH3 is 1. The highest BCUT2D eigenvalue weighted by molar-refractivity contribution is 5.83. The number of rotatable bonds is 11. The summed E-state index contributed by atoms with van der Waals surface area (Å²) < 4.78 is 12.9. The van der Waals surface area contributed by atoms with Crippen molar-refractivity contribution in [2.45, 2.75) is 112 Å². The molecule has 1 aliphatic heterocycles. The largest absolute Gasteiger partial charge is 0.446 e. The first kappa shape index (κ1) is 47.1. The van der Waals surface area contributed by atoms with E-state index in [4.69, 9.17) is 9.47 Å². The Kier molecular flexibility index (Phi) is 25.7. The van der Waals surface area contributed by atoms with Crippen LogP contribution in [0.2, 0.25) is 0 Å². The third kappa shape index (κ3) is 15.1. The number of allylic oxidation sites excluding steroid dienone is 1. The van der Waals surface area contributed by atoms with Crippen molar-refractivity contribution in [1.29, 1.82) is 0 Å². The van der Waals surface area contributed by atoms with Crippen molar-refractivity contribution in [2.24, 2.45) is 12.8 Å². The lowest BCUT2D eigenvalue weighted by atomic mass is 9.86. The van der Waals surface area contributed by atoms with Crippen LogP contribution in [0.1, 0.15) is 121 Å². The normalized spacial score (nSPS) is 15.7. The SMILES string of the molecule is C=CC[C@H](c1ccc(C)cc1/C(=C\C)[C@@H](NC(=O)COC)c1cncn1C)N1CCN(C(=O)OC2CCCCC2)CC1.C=CN.CC.CC.CC. The number of aromatic nitrogens is 2. The molecule has 0 radical (unpaired) electrons. The predicted octanol–water partition coefficient (Wildman–Crippen LogP) is 8.51. The van der Waals surface area contributed by atoms with Gasteiger partial charge in [-0.3, -0.25) is 9.69 Å². The minimum atomic E-state index is -0.415. The van der Waals surface area contributed by atoms with Crippen molar-refractivity contribution >= 4 is 17.6 Å². The fourth-order valence-corrected chi connectivity index (χ4v) is 6.23. The summed E-state index contributed by atoms with van der Waals surface area (Å²) in [5, 5.41) is 3.17. The fourth-order valence-electron chi connectivity index (χ4n) is 6.23. The monoisotopic (exact) mass is 711 g/mol. The number of nitrogens with two attached hydrogens (primary N) is 1. The van der Waals surface area contributed by atoms with Crippen LogP contribution in [0.4, 0.5) is 4.79 Å². The van der Waals surface area contributed by atoms with Crippen LogP contribution in [0.5, 0.6) is 0 Å². The predicted molar refractivity (Wildman–Crippen MR) is 213 cm³/mol. The van der Waals surface area contributed by atoms with Gasteiger partial charge in [-0.05, 0) is 68.9 Å². The van der Waals surface area contributed by atoms with E-state index in [1.165, 1.54) is 25.3 Å². The summed E-state index contributed by atoms with van der Waals surface area (Å²) in [6, 6.07) is 6.18. The van der Waals surface area contributed by atoms with Crippen molar-refractivity contribution in [3.05, 3.63) is 84.6 Å². The van der Waals surface area contributed by atoms with Crippen molar-refractivity contribution in [2.75, 3.05) is 39.9 Å². The van der Waals surface area contributed by atoms with E-state index in [2.05, 4.69) is 65.3 Å². The zero-order chi connectivity index (χ0) is 38.8. The van der Waals surface area contributed by atoms with E-state index >= 15 is 0 Å². The molecule has 2 aliphatic rings. The van der Waals surface area contributed by atoms with Crippen molar-refractivity contribution in [1.82, 2.24) is 24.7 Å². The third-order valence-electron chi connectivity index (χ3n) is 8.45. The first-order chi connectivity index (χ1) is 24.8. The number of imidazole rings is 1. The first-order valence-electron chi connectivity index (χ1n) is 18.9. The number of hydrogen-bond donors (Lipinski definition) is 2. The molecule has 2 aromatic rings. The number of nitrogens with one attached hydrogen (secondary N) is 1. The van der Waals surface area contributed by atoms with Crippen LogP contribution in [-0.4, -0.2) is 77.4 Å². The summed E-state index contributed by atoms with van der Waals surface area (Å²) in [7, 11) is 3.45. The number of aryl methyl sites for hydroxylation is 2. The van der Waals surface area contributed by atoms with Gasteiger partial charge in [0.2, 0.25) is 5.91 Å². The molecule has 1 aromatic heterocycles. The van der Waals surface area contributed by atoms with Crippen LogP contribution in [0.3, 0.4) is 0 Å². The molecule has 10 heteroatoms. The molecule has 1 aromatic carbocycles. The van der Waals surface area contributed by atoms with Crippen molar-refractivity contribution in [3.8, 4) is 0 Å². The van der Waals surface area contributed by atoms with Gasteiger partial charge in [0, 0.05) is 46.4 Å². The smallest absolute Gasteiger partial charge is 0.410 e. The van der Waals surface area contributed by atoms with Gasteiger partial charge in [-0.2, -0.15) is 0 Å². The van der Waals surface area contributed by atoms with Gasteiger partial charge < -0.3 is 30.0 Å². The maximum Gasteiger partial charge on any atom is 0.410 e. The molecule has 1 aliphatic carbocycles. The Morgan fingerprint density at radius 2 is 1.65 bits per heavy atom. The Morgan fingerprint density at radius 3 is 2.16 bits per heavy atom. The second-order valence-electron chi connectivity index (χ2n) is 11.6. The maximum absolute atomic E-state index is 12.9. The molecular formula is C41H70N6O4. The molecule has 10 nitrogen and oxygen atoms in total. The summed E-state index contributed by atoms with van der Waals surface area (Å²) in [5.41, 5.74) is 9.86. The summed E-state index contributed by atoms with van der Waals surface area (Å²) in [6.07, 6.45) is 14.9. The zero-order valence-electron chi connectivity index (χ0n) is 33.5. The molecule has 2 atom stereocenters. The quantitative estimate of drug-likeness (QED) is 0.225. The molecule has 0 unspecified atom stereocenters. The van der Waals surface area contributed by atoms with E-state index in [9.17, 15) is 9.59 Å². The van der Waals surface area contributed by atoms with Gasteiger partial charge in [-0.1, -0.05) is 90.5 Å². The summed E-state index contributed by atoms with van der Waals surface area (Å²) in [6.45, 7) is 26.0. The van der Waals surface area contributed by atoms with Gasteiger partial charge in [-0.15, -0.1) is 6.58 Å². The molecule has 2 heterocycles. The number of carbonyl (C=O) groups is 2. The van der Waals surface area contributed by atoms with Gasteiger partial charge in [0.1, 0.15) is 12.7 Å². The number of benzene rings is 1. The number of amides is 2. The van der Waals surface area contributed by atoms with Gasteiger partial charge in [0.25, 0.3) is 0 Å². The lowest BCUT2D eigenvalue weighted by molar-refractivity contribution is -0.125. The molecule has 51 heavy (non-hydrogen) atoms. The Morgan fingerprint density at radius 1 is 1.04 bits per heavy atom. The highest BCUT2D eigenvalue weighted by Crippen LogP contribution is 2.38. The van der Waals surface area contributed by atoms with E-state index in [1.54, 1.807) is 12.5 Å². The number of carbonyl (C=O) groups excluding carboxylic acids is 2. The molecule has 4 rings (SSSR count).